The van der Waals surface area contributed by atoms with Crippen molar-refractivity contribution in [1.29, 1.82) is 0 Å². The van der Waals surface area contributed by atoms with Gasteiger partial charge in [-0.15, -0.1) is 11.1 Å². The fourth-order valence-corrected chi connectivity index (χ4v) is 2.15. The summed E-state index contributed by atoms with van der Waals surface area (Å²) in [5, 5.41) is 0. The van der Waals surface area contributed by atoms with Gasteiger partial charge >= 0.3 is 7.71 Å². The van der Waals surface area contributed by atoms with E-state index < -0.39 is 7.71 Å². The van der Waals surface area contributed by atoms with Crippen LogP contribution in [-0.4, -0.2) is 33.4 Å². The zero-order chi connectivity index (χ0) is 7.49. The standard InChI is InChI=1S/C5H15ClN2Si/c1-5-9(6,7-2)8(3)4/h7H,5H2,1-4H3. The van der Waals surface area contributed by atoms with E-state index in [1.165, 1.54) is 0 Å². The molecule has 0 spiro atoms. The van der Waals surface area contributed by atoms with Gasteiger partial charge in [-0.2, -0.15) is 0 Å². The monoisotopic (exact) mass is 166 g/mol. The van der Waals surface area contributed by atoms with Crippen molar-refractivity contribution in [3.63, 3.8) is 0 Å². The third kappa shape index (κ3) is 2.25. The first-order valence-corrected chi connectivity index (χ1v) is 6.28. The second-order valence-corrected chi connectivity index (χ2v) is 7.75. The number of hydrogen-bond acceptors (Lipinski definition) is 2. The summed E-state index contributed by atoms with van der Waals surface area (Å²) in [7, 11) is 4.23. The van der Waals surface area contributed by atoms with Gasteiger partial charge in [0, 0.05) is 0 Å². The Morgan fingerprint density at radius 3 is 2.00 bits per heavy atom. The zero-order valence-electron chi connectivity index (χ0n) is 6.53. The largest absolute Gasteiger partial charge is 0.316 e. The zero-order valence-corrected chi connectivity index (χ0v) is 8.29. The Morgan fingerprint density at radius 1 is 1.56 bits per heavy atom. The van der Waals surface area contributed by atoms with E-state index in [1.54, 1.807) is 0 Å². The smallest absolute Gasteiger partial charge is 0.304 e. The minimum absolute atomic E-state index is 1.03. The van der Waals surface area contributed by atoms with Gasteiger partial charge in [0.15, 0.2) is 0 Å². The average Bonchev–Trinajstić information content (AvgIpc) is 1.86. The molecule has 0 fully saturated rings. The molecule has 0 radical (unpaired) electrons. The lowest BCUT2D eigenvalue weighted by Crippen LogP contribution is -2.54. The maximum absolute atomic E-state index is 6.20. The van der Waals surface area contributed by atoms with Crippen molar-refractivity contribution in [3.8, 4) is 0 Å². The summed E-state index contributed by atoms with van der Waals surface area (Å²) in [6, 6.07) is 1.03. The molecular weight excluding hydrogens is 152 g/mol. The molecule has 0 aromatic heterocycles. The van der Waals surface area contributed by atoms with Crippen molar-refractivity contribution in [1.82, 2.24) is 9.55 Å². The lowest BCUT2D eigenvalue weighted by Gasteiger charge is -2.28. The second kappa shape index (κ2) is 3.56. The van der Waals surface area contributed by atoms with Crippen LogP contribution in [0.4, 0.5) is 0 Å². The van der Waals surface area contributed by atoms with Crippen LogP contribution in [-0.2, 0) is 0 Å². The molecule has 0 aromatic rings. The van der Waals surface area contributed by atoms with Gasteiger partial charge in [0.1, 0.15) is 0 Å². The molecule has 0 bridgehead atoms. The average molecular weight is 167 g/mol. The molecule has 0 heterocycles. The van der Waals surface area contributed by atoms with Gasteiger partial charge < -0.3 is 9.55 Å². The van der Waals surface area contributed by atoms with E-state index in [0.717, 1.165) is 6.04 Å². The second-order valence-electron chi connectivity index (χ2n) is 2.26. The summed E-state index contributed by atoms with van der Waals surface area (Å²) in [4.78, 5) is 3.16. The quantitative estimate of drug-likeness (QED) is 0.497. The molecule has 56 valence electrons. The Hall–Kier alpha value is 0.427. The van der Waals surface area contributed by atoms with Crippen LogP contribution in [0.15, 0.2) is 0 Å². The van der Waals surface area contributed by atoms with Crippen molar-refractivity contribution in [2.75, 3.05) is 21.1 Å². The molecule has 0 amide bonds. The fourth-order valence-electron chi connectivity index (χ4n) is 0.717. The highest BCUT2D eigenvalue weighted by atomic mass is 35.6. The third-order valence-corrected chi connectivity index (χ3v) is 7.06. The number of hydrogen-bond donors (Lipinski definition) is 1. The van der Waals surface area contributed by atoms with Crippen LogP contribution in [0.2, 0.25) is 6.04 Å². The van der Waals surface area contributed by atoms with Crippen LogP contribution in [0.25, 0.3) is 0 Å². The lowest BCUT2D eigenvalue weighted by atomic mass is 11.0. The molecule has 1 unspecified atom stereocenters. The van der Waals surface area contributed by atoms with Crippen LogP contribution in [0.1, 0.15) is 6.92 Å². The summed E-state index contributed by atoms with van der Waals surface area (Å²) in [6.07, 6.45) is 0. The summed E-state index contributed by atoms with van der Waals surface area (Å²) in [5.74, 6) is 0. The molecule has 1 N–H and O–H groups in total. The van der Waals surface area contributed by atoms with Crippen LogP contribution in [0, 0.1) is 0 Å². The number of rotatable bonds is 3. The highest BCUT2D eigenvalue weighted by Crippen LogP contribution is 2.11. The first kappa shape index (κ1) is 9.43. The molecule has 0 aliphatic carbocycles. The van der Waals surface area contributed by atoms with Crippen LogP contribution < -0.4 is 4.98 Å². The first-order valence-electron chi connectivity index (χ1n) is 3.12. The number of nitrogens with zero attached hydrogens (tertiary/aromatic N) is 1. The highest BCUT2D eigenvalue weighted by molar-refractivity contribution is 7.17. The minimum atomic E-state index is -1.72. The van der Waals surface area contributed by atoms with E-state index in [4.69, 9.17) is 11.1 Å². The fraction of sp³-hybridized carbons (Fsp3) is 1.00. The summed E-state index contributed by atoms with van der Waals surface area (Å²) < 4.78 is 2.09. The maximum atomic E-state index is 6.20. The Kier molecular flexibility index (Phi) is 3.73. The summed E-state index contributed by atoms with van der Waals surface area (Å²) >= 11 is 6.20. The SMILES string of the molecule is CC[Si](Cl)(NC)N(C)C. The van der Waals surface area contributed by atoms with Gasteiger partial charge in [-0.1, -0.05) is 6.92 Å². The molecule has 2 nitrogen and oxygen atoms in total. The number of halogens is 1. The van der Waals surface area contributed by atoms with Crippen molar-refractivity contribution in [2.24, 2.45) is 0 Å². The Morgan fingerprint density at radius 2 is 2.00 bits per heavy atom. The normalized spacial score (nSPS) is 18.0. The van der Waals surface area contributed by atoms with E-state index in [2.05, 4.69) is 16.5 Å². The third-order valence-electron chi connectivity index (χ3n) is 1.56. The van der Waals surface area contributed by atoms with Gasteiger partial charge in [0.05, 0.1) is 0 Å². The molecule has 1 atom stereocenters. The maximum Gasteiger partial charge on any atom is 0.304 e. The van der Waals surface area contributed by atoms with Crippen LogP contribution >= 0.6 is 11.1 Å². The van der Waals surface area contributed by atoms with Crippen molar-refractivity contribution in [3.05, 3.63) is 0 Å². The van der Waals surface area contributed by atoms with Gasteiger partial charge in [-0.3, -0.25) is 0 Å². The minimum Gasteiger partial charge on any atom is -0.316 e. The molecular formula is C5H15ClN2Si. The van der Waals surface area contributed by atoms with E-state index in [1.807, 2.05) is 21.1 Å². The summed E-state index contributed by atoms with van der Waals surface area (Å²) in [5.41, 5.74) is 0. The molecule has 9 heavy (non-hydrogen) atoms. The molecule has 0 aliphatic heterocycles. The highest BCUT2D eigenvalue weighted by Gasteiger charge is 2.29. The van der Waals surface area contributed by atoms with Gasteiger partial charge in [-0.25, -0.2) is 0 Å². The van der Waals surface area contributed by atoms with Crippen molar-refractivity contribution in [2.45, 2.75) is 13.0 Å². The molecule has 0 aliphatic rings. The van der Waals surface area contributed by atoms with Crippen LogP contribution in [0.3, 0.4) is 0 Å². The lowest BCUT2D eigenvalue weighted by molar-refractivity contribution is 0.612. The molecule has 0 saturated heterocycles. The number of nitrogens with one attached hydrogen (secondary N) is 1. The van der Waals surface area contributed by atoms with E-state index in [9.17, 15) is 0 Å². The van der Waals surface area contributed by atoms with Gasteiger partial charge in [0.25, 0.3) is 0 Å². The summed E-state index contributed by atoms with van der Waals surface area (Å²) in [6.45, 7) is 2.11. The van der Waals surface area contributed by atoms with E-state index in [0.29, 0.717) is 0 Å². The Balaban J connectivity index is 3.92. The molecule has 0 rings (SSSR count). The molecule has 4 heteroatoms. The molecule has 0 saturated carbocycles. The van der Waals surface area contributed by atoms with Gasteiger partial charge in [-0.05, 0) is 27.2 Å². The molecule has 0 aromatic carbocycles. The Bertz CT molecular complexity index is 83.0. The first-order chi connectivity index (χ1) is 4.06. The predicted octanol–water partition coefficient (Wildman–Crippen LogP) is 0.965. The van der Waals surface area contributed by atoms with E-state index in [-0.39, 0.29) is 0 Å². The topological polar surface area (TPSA) is 15.3 Å². The van der Waals surface area contributed by atoms with Crippen molar-refractivity contribution >= 4 is 18.8 Å². The van der Waals surface area contributed by atoms with Crippen LogP contribution in [0.5, 0.6) is 0 Å². The predicted molar refractivity (Wildman–Crippen MR) is 44.8 cm³/mol. The van der Waals surface area contributed by atoms with Crippen molar-refractivity contribution < 1.29 is 0 Å². The Labute approximate surface area is 63.1 Å². The van der Waals surface area contributed by atoms with E-state index >= 15 is 0 Å². The van der Waals surface area contributed by atoms with Gasteiger partial charge in [0.2, 0.25) is 0 Å².